The van der Waals surface area contributed by atoms with Gasteiger partial charge in [0, 0.05) is 35.8 Å². The summed E-state index contributed by atoms with van der Waals surface area (Å²) in [6.45, 7) is 2.09. The first-order chi connectivity index (χ1) is 19.0. The zero-order chi connectivity index (χ0) is 27.2. The van der Waals surface area contributed by atoms with E-state index in [1.54, 1.807) is 36.4 Å². The lowest BCUT2D eigenvalue weighted by molar-refractivity contribution is 0.0593. The second-order valence-corrected chi connectivity index (χ2v) is 9.62. The average Bonchev–Trinajstić information content (AvgIpc) is 3.41. The summed E-state index contributed by atoms with van der Waals surface area (Å²) in [5.74, 6) is -0.286. The van der Waals surface area contributed by atoms with Crippen LogP contribution in [0.1, 0.15) is 41.3 Å². The molecule has 0 radical (unpaired) electrons. The number of nitrogens with zero attached hydrogens (tertiary/aromatic N) is 3. The summed E-state index contributed by atoms with van der Waals surface area (Å²) in [7, 11) is 0. The molecular weight excluding hydrogens is 528 g/mol. The van der Waals surface area contributed by atoms with E-state index in [4.69, 9.17) is 21.1 Å². The van der Waals surface area contributed by atoms with E-state index in [1.165, 1.54) is 12.1 Å². The van der Waals surface area contributed by atoms with Crippen molar-refractivity contribution < 1.29 is 23.0 Å². The van der Waals surface area contributed by atoms with Gasteiger partial charge in [-0.15, -0.1) is 5.10 Å². The number of carbonyl (C=O) groups excluding carboxylic acids is 1. The Balaban J connectivity index is 1.26. The number of ether oxygens (including phenoxy) is 2. The van der Waals surface area contributed by atoms with E-state index in [1.807, 2.05) is 0 Å². The van der Waals surface area contributed by atoms with E-state index in [2.05, 4.69) is 25.5 Å². The predicted octanol–water partition coefficient (Wildman–Crippen LogP) is 5.84. The van der Waals surface area contributed by atoms with Crippen LogP contribution in [0.5, 0.6) is 5.75 Å². The molecule has 39 heavy (non-hydrogen) atoms. The molecule has 202 valence electrons. The Labute approximate surface area is 228 Å². The van der Waals surface area contributed by atoms with Gasteiger partial charge in [0.1, 0.15) is 29.0 Å². The van der Waals surface area contributed by atoms with Crippen molar-refractivity contribution in [2.75, 3.05) is 25.1 Å². The molecule has 0 bridgehead atoms. The molecule has 1 saturated heterocycles. The zero-order valence-electron chi connectivity index (χ0n) is 20.9. The quantitative estimate of drug-likeness (QED) is 0.270. The fourth-order valence-electron chi connectivity index (χ4n) is 4.36. The van der Waals surface area contributed by atoms with E-state index in [-0.39, 0.29) is 29.4 Å². The van der Waals surface area contributed by atoms with Gasteiger partial charge in [-0.05, 0) is 61.1 Å². The molecule has 1 amide bonds. The summed E-state index contributed by atoms with van der Waals surface area (Å²) in [6, 6.07) is 12.7. The van der Waals surface area contributed by atoms with Crippen LogP contribution in [0.4, 0.5) is 14.6 Å². The monoisotopic (exact) mass is 553 g/mol. The number of aromatic nitrogens is 4. The summed E-state index contributed by atoms with van der Waals surface area (Å²) in [6.07, 6.45) is 4.09. The van der Waals surface area contributed by atoms with Crippen LogP contribution < -0.4 is 10.1 Å². The summed E-state index contributed by atoms with van der Waals surface area (Å²) in [5, 5.41) is 9.44. The normalized spacial score (nSPS) is 13.8. The van der Waals surface area contributed by atoms with E-state index in [0.29, 0.717) is 40.2 Å². The first-order valence-corrected chi connectivity index (χ1v) is 13.0. The van der Waals surface area contributed by atoms with Gasteiger partial charge in [-0.25, -0.2) is 18.7 Å². The Bertz CT molecular complexity index is 1460. The highest BCUT2D eigenvalue weighted by Gasteiger charge is 2.18. The molecule has 0 spiro atoms. The van der Waals surface area contributed by atoms with E-state index in [0.717, 1.165) is 38.7 Å². The fraction of sp³-hybridized carbons (Fsp3) is 0.286. The van der Waals surface area contributed by atoms with Crippen molar-refractivity contribution in [3.8, 4) is 16.9 Å². The molecule has 1 fully saturated rings. The van der Waals surface area contributed by atoms with Gasteiger partial charge in [0.15, 0.2) is 0 Å². The third-order valence-electron chi connectivity index (χ3n) is 6.51. The lowest BCUT2D eigenvalue weighted by Crippen LogP contribution is -2.17. The van der Waals surface area contributed by atoms with Crippen molar-refractivity contribution >= 4 is 23.3 Å². The molecule has 1 aliphatic heterocycles. The largest absolute Gasteiger partial charge is 0.494 e. The highest BCUT2D eigenvalue weighted by Crippen LogP contribution is 2.34. The van der Waals surface area contributed by atoms with Crippen LogP contribution >= 0.6 is 11.6 Å². The Morgan fingerprint density at radius 2 is 1.92 bits per heavy atom. The van der Waals surface area contributed by atoms with Crippen LogP contribution in [0.25, 0.3) is 11.1 Å². The number of anilines is 1. The zero-order valence-corrected chi connectivity index (χ0v) is 21.7. The van der Waals surface area contributed by atoms with Crippen LogP contribution in [-0.4, -0.2) is 45.9 Å². The Hall–Kier alpha value is -3.89. The molecule has 2 N–H and O–H groups in total. The van der Waals surface area contributed by atoms with Crippen LogP contribution in [0.15, 0.2) is 54.7 Å². The van der Waals surface area contributed by atoms with E-state index >= 15 is 0 Å². The molecule has 0 atom stereocenters. The number of H-pyrrole nitrogens is 1. The molecule has 4 aromatic rings. The average molecular weight is 554 g/mol. The van der Waals surface area contributed by atoms with Crippen LogP contribution in [0.3, 0.4) is 0 Å². The third kappa shape index (κ3) is 6.76. The molecule has 8 nitrogen and oxygen atoms in total. The molecule has 3 heterocycles. The van der Waals surface area contributed by atoms with Gasteiger partial charge in [0.05, 0.1) is 12.8 Å². The predicted molar refractivity (Wildman–Crippen MR) is 142 cm³/mol. The van der Waals surface area contributed by atoms with Crippen LogP contribution in [-0.2, 0) is 11.2 Å². The maximum absolute atomic E-state index is 14.8. The number of pyridine rings is 1. The first kappa shape index (κ1) is 26.7. The van der Waals surface area contributed by atoms with Gasteiger partial charge < -0.3 is 14.8 Å². The van der Waals surface area contributed by atoms with Crippen LogP contribution in [0, 0.1) is 17.6 Å². The highest BCUT2D eigenvalue weighted by atomic mass is 35.5. The van der Waals surface area contributed by atoms with Gasteiger partial charge in [-0.3, -0.25) is 9.89 Å². The number of benzene rings is 2. The van der Waals surface area contributed by atoms with Crippen molar-refractivity contribution in [1.29, 1.82) is 0 Å². The summed E-state index contributed by atoms with van der Waals surface area (Å²) >= 11 is 6.40. The summed E-state index contributed by atoms with van der Waals surface area (Å²) in [5.41, 5.74) is 0.966. The molecule has 0 aliphatic carbocycles. The standard InChI is InChI=1S/C28H26ClF2N5O3/c29-22-6-5-19(39-12-9-17-7-10-38-11-8-17)14-20(22)21-15-25(32-16-24(21)31)34-28(37)27-33-26(35-36-27)13-18-3-1-2-4-23(18)30/h1-6,14-17H,7-13H2,(H,32,34,37)(H,33,35,36). The Morgan fingerprint density at radius 1 is 1.10 bits per heavy atom. The first-order valence-electron chi connectivity index (χ1n) is 12.6. The minimum Gasteiger partial charge on any atom is -0.494 e. The number of carbonyl (C=O) groups is 1. The Morgan fingerprint density at radius 3 is 2.74 bits per heavy atom. The molecule has 2 aromatic heterocycles. The molecule has 0 unspecified atom stereocenters. The molecule has 2 aromatic carbocycles. The minimum absolute atomic E-state index is 0.0822. The third-order valence-corrected chi connectivity index (χ3v) is 6.84. The number of hydrogen-bond donors (Lipinski definition) is 2. The van der Waals surface area contributed by atoms with Gasteiger partial charge >= 0.3 is 0 Å². The number of nitrogens with one attached hydrogen (secondary N) is 2. The number of rotatable bonds is 9. The molecular formula is C28H26ClF2N5O3. The molecule has 5 rings (SSSR count). The molecule has 0 saturated carbocycles. The second-order valence-electron chi connectivity index (χ2n) is 9.21. The Kier molecular flexibility index (Phi) is 8.43. The SMILES string of the molecule is O=C(Nc1cc(-c2cc(OCCC3CCOCC3)ccc2Cl)c(F)cn1)c1n[nH]c(Cc2ccccc2F)n1. The van der Waals surface area contributed by atoms with Gasteiger partial charge in [-0.1, -0.05) is 29.8 Å². The van der Waals surface area contributed by atoms with Gasteiger partial charge in [0.2, 0.25) is 5.82 Å². The van der Waals surface area contributed by atoms with Crippen molar-refractivity contribution in [3.63, 3.8) is 0 Å². The van der Waals surface area contributed by atoms with E-state index < -0.39 is 11.7 Å². The second kappa shape index (κ2) is 12.3. The van der Waals surface area contributed by atoms with E-state index in [9.17, 15) is 13.6 Å². The topological polar surface area (TPSA) is 102 Å². The van der Waals surface area contributed by atoms with Gasteiger partial charge in [0.25, 0.3) is 5.91 Å². The van der Waals surface area contributed by atoms with Crippen molar-refractivity contribution in [2.24, 2.45) is 5.92 Å². The minimum atomic E-state index is -0.660. The number of hydrogen-bond acceptors (Lipinski definition) is 6. The fourth-order valence-corrected chi connectivity index (χ4v) is 4.58. The summed E-state index contributed by atoms with van der Waals surface area (Å²) < 4.78 is 40.1. The summed E-state index contributed by atoms with van der Waals surface area (Å²) in [4.78, 5) is 20.8. The smallest absolute Gasteiger partial charge is 0.296 e. The lowest BCUT2D eigenvalue weighted by Gasteiger charge is -2.21. The highest BCUT2D eigenvalue weighted by molar-refractivity contribution is 6.33. The molecule has 11 heteroatoms. The number of aromatic amines is 1. The lowest BCUT2D eigenvalue weighted by atomic mass is 9.97. The van der Waals surface area contributed by atoms with Gasteiger partial charge in [-0.2, -0.15) is 0 Å². The maximum atomic E-state index is 14.8. The van der Waals surface area contributed by atoms with Crippen molar-refractivity contribution in [3.05, 3.63) is 88.6 Å². The number of halogens is 3. The van der Waals surface area contributed by atoms with Crippen LogP contribution in [0.2, 0.25) is 5.02 Å². The molecule has 1 aliphatic rings. The van der Waals surface area contributed by atoms with Crippen molar-refractivity contribution in [2.45, 2.75) is 25.7 Å². The number of amides is 1. The van der Waals surface area contributed by atoms with Crippen molar-refractivity contribution in [1.82, 2.24) is 20.2 Å². The maximum Gasteiger partial charge on any atom is 0.296 e.